The molecule has 0 N–H and O–H groups in total. The summed E-state index contributed by atoms with van der Waals surface area (Å²) in [7, 11) is 0. The average Bonchev–Trinajstić information content (AvgIpc) is 1.86. The number of carbonyl (C=O) groups is 1. The standard InChI is InChI=1S/C4H8O/c1-2-3-4-5/h4H,2-3H2,1H3/i1D2,2D2,3D2,4D. The summed E-state index contributed by atoms with van der Waals surface area (Å²) < 4.78 is 47.1. The van der Waals surface area contributed by atoms with E-state index in [0.717, 1.165) is 0 Å². The van der Waals surface area contributed by atoms with Crippen molar-refractivity contribution < 1.29 is 14.4 Å². The summed E-state index contributed by atoms with van der Waals surface area (Å²) in [5.41, 5.74) is 0. The number of hydrogen-bond donors (Lipinski definition) is 0. The van der Waals surface area contributed by atoms with Crippen LogP contribution >= 0.6 is 0 Å². The molecule has 0 bridgehead atoms. The van der Waals surface area contributed by atoms with Crippen molar-refractivity contribution in [1.82, 2.24) is 0 Å². The van der Waals surface area contributed by atoms with Crippen molar-refractivity contribution in [2.75, 3.05) is 0 Å². The van der Waals surface area contributed by atoms with Gasteiger partial charge in [-0.25, -0.2) is 0 Å². The molecule has 1 heteroatoms. The SMILES string of the molecule is [2H]C(=O)C([2H])([2H])C([2H])([2H])C([2H])[2H]. The van der Waals surface area contributed by atoms with Crippen LogP contribution in [-0.2, 0) is 4.79 Å². The molecule has 0 aromatic rings. The second kappa shape index (κ2) is 3.67. The molecule has 0 fully saturated rings. The van der Waals surface area contributed by atoms with Crippen molar-refractivity contribution in [3.05, 3.63) is 0 Å². The predicted molar refractivity (Wildman–Crippen MR) is 21.0 cm³/mol. The lowest BCUT2D eigenvalue weighted by molar-refractivity contribution is -0.107. The van der Waals surface area contributed by atoms with Crippen molar-refractivity contribution in [3.63, 3.8) is 0 Å². The molecule has 0 saturated carbocycles. The highest BCUT2D eigenvalue weighted by Crippen LogP contribution is 1.74. The van der Waals surface area contributed by atoms with Gasteiger partial charge in [0.2, 0.25) is 0 Å². The maximum absolute atomic E-state index is 10.3. The number of hydrogen-bond acceptors (Lipinski definition) is 1. The van der Waals surface area contributed by atoms with Crippen LogP contribution in [-0.4, -0.2) is 6.26 Å². The van der Waals surface area contributed by atoms with Crippen molar-refractivity contribution in [1.29, 1.82) is 0 Å². The summed E-state index contributed by atoms with van der Waals surface area (Å²) in [5, 5.41) is 0. The fourth-order valence-corrected chi connectivity index (χ4v) is 0.0295. The van der Waals surface area contributed by atoms with Gasteiger partial charge in [0, 0.05) is 14.6 Å². The van der Waals surface area contributed by atoms with E-state index in [1.165, 1.54) is 0 Å². The van der Waals surface area contributed by atoms with Crippen molar-refractivity contribution in [2.24, 2.45) is 0 Å². The topological polar surface area (TPSA) is 17.1 Å². The fraction of sp³-hybridized carbons (Fsp3) is 0.750. The van der Waals surface area contributed by atoms with E-state index >= 15 is 0 Å². The van der Waals surface area contributed by atoms with Gasteiger partial charge in [-0.1, -0.05) is 6.88 Å². The molecule has 0 amide bonds. The maximum atomic E-state index is 10.3. The smallest absolute Gasteiger partial charge is 0.119 e. The molecule has 1 nitrogen and oxygen atoms in total. The Kier molecular flexibility index (Phi) is 0.406. The molecular formula is C4H8O. The Labute approximate surface area is 41.8 Å². The minimum atomic E-state index is -3.10. The van der Waals surface area contributed by atoms with Crippen LogP contribution in [0.25, 0.3) is 0 Å². The zero-order valence-electron chi connectivity index (χ0n) is 9.49. The van der Waals surface area contributed by atoms with E-state index in [0.29, 0.717) is 0 Å². The zero-order valence-corrected chi connectivity index (χ0v) is 2.49. The van der Waals surface area contributed by atoms with Crippen molar-refractivity contribution in [2.45, 2.75) is 19.6 Å². The first-order valence-electron chi connectivity index (χ1n) is 4.65. The van der Waals surface area contributed by atoms with Gasteiger partial charge in [-0.2, -0.15) is 0 Å². The van der Waals surface area contributed by atoms with Crippen LogP contribution in [0.4, 0.5) is 0 Å². The van der Waals surface area contributed by atoms with Gasteiger partial charge in [-0.15, -0.1) is 0 Å². The Morgan fingerprint density at radius 2 is 3.40 bits per heavy atom. The Morgan fingerprint density at radius 1 is 2.60 bits per heavy atom. The van der Waals surface area contributed by atoms with Crippen LogP contribution in [0.15, 0.2) is 0 Å². The van der Waals surface area contributed by atoms with E-state index < -0.39 is 25.9 Å². The molecule has 0 aliphatic rings. The van der Waals surface area contributed by atoms with Gasteiger partial charge in [0.15, 0.2) is 0 Å². The molecule has 0 aromatic heterocycles. The molecule has 0 heterocycles. The number of rotatable bonds is 2. The molecule has 30 valence electrons. The highest BCUT2D eigenvalue weighted by atomic mass is 16.1. The normalized spacial score (nSPS) is 34.2. The number of aldehydes is 1. The lowest BCUT2D eigenvalue weighted by atomic mass is 10.4. The highest BCUT2D eigenvalue weighted by molar-refractivity contribution is 5.48. The Hall–Kier alpha value is -0.330. The lowest BCUT2D eigenvalue weighted by Crippen LogP contribution is -1.64. The monoisotopic (exact) mass is 79.1 g/mol. The molecular weight excluding hydrogens is 64.0 g/mol. The lowest BCUT2D eigenvalue weighted by Gasteiger charge is -1.68. The summed E-state index contributed by atoms with van der Waals surface area (Å²) in [6.07, 6.45) is -7.80. The van der Waals surface area contributed by atoms with Gasteiger partial charge in [0.05, 0.1) is 0 Å². The summed E-state index contributed by atoms with van der Waals surface area (Å²) in [4.78, 5) is 10.3. The van der Waals surface area contributed by atoms with E-state index in [4.69, 9.17) is 9.60 Å². The summed E-state index contributed by atoms with van der Waals surface area (Å²) >= 11 is 0. The molecule has 0 saturated heterocycles. The highest BCUT2D eigenvalue weighted by Gasteiger charge is 1.66. The van der Waals surface area contributed by atoms with E-state index in [-0.39, 0.29) is 0 Å². The Bertz CT molecular complexity index is 186. The van der Waals surface area contributed by atoms with Crippen LogP contribution in [0.3, 0.4) is 0 Å². The van der Waals surface area contributed by atoms with Gasteiger partial charge in [-0.3, -0.25) is 0 Å². The second-order valence-electron chi connectivity index (χ2n) is 0.371. The van der Waals surface area contributed by atoms with Gasteiger partial charge >= 0.3 is 0 Å². The van der Waals surface area contributed by atoms with Gasteiger partial charge in [-0.05, 0) is 6.37 Å². The summed E-state index contributed by atoms with van der Waals surface area (Å²) in [5.74, 6) is 0. The molecule has 0 radical (unpaired) electrons. The van der Waals surface area contributed by atoms with Crippen molar-refractivity contribution >= 4 is 6.26 Å². The van der Waals surface area contributed by atoms with Gasteiger partial charge < -0.3 is 4.79 Å². The van der Waals surface area contributed by atoms with Crippen LogP contribution in [0.2, 0.25) is 0 Å². The number of carbonyl (C=O) groups excluding carboxylic acids is 1. The second-order valence-corrected chi connectivity index (χ2v) is 0.371. The molecule has 0 atom stereocenters. The molecule has 0 aliphatic carbocycles. The minimum Gasteiger partial charge on any atom is -0.303 e. The van der Waals surface area contributed by atoms with Crippen LogP contribution < -0.4 is 0 Å². The third-order valence-corrected chi connectivity index (χ3v) is 0.123. The molecule has 0 aromatic carbocycles. The third-order valence-electron chi connectivity index (χ3n) is 0.123. The predicted octanol–water partition coefficient (Wildman–Crippen LogP) is 0.985. The maximum Gasteiger partial charge on any atom is 0.119 e. The Morgan fingerprint density at radius 3 is 3.60 bits per heavy atom. The zero-order chi connectivity index (χ0) is 10.2. The molecule has 0 unspecified atom stereocenters. The third kappa shape index (κ3) is 3.67. The Balaban J connectivity index is 4.88. The van der Waals surface area contributed by atoms with E-state index in [1.54, 1.807) is 0 Å². The van der Waals surface area contributed by atoms with Crippen LogP contribution in [0.5, 0.6) is 0 Å². The van der Waals surface area contributed by atoms with Crippen LogP contribution in [0.1, 0.15) is 29.2 Å². The largest absolute Gasteiger partial charge is 0.303 e. The molecule has 0 rings (SSSR count). The van der Waals surface area contributed by atoms with Gasteiger partial charge in [0.25, 0.3) is 0 Å². The van der Waals surface area contributed by atoms with E-state index in [2.05, 4.69) is 0 Å². The fourth-order valence-electron chi connectivity index (χ4n) is 0.0295. The molecule has 0 spiro atoms. The van der Waals surface area contributed by atoms with E-state index in [9.17, 15) is 4.79 Å². The molecule has 5 heavy (non-hydrogen) atoms. The van der Waals surface area contributed by atoms with Crippen molar-refractivity contribution in [3.8, 4) is 0 Å². The first kappa shape index (κ1) is 0.552. The van der Waals surface area contributed by atoms with Gasteiger partial charge in [0.1, 0.15) is 7.63 Å². The quantitative estimate of drug-likeness (QED) is 0.451. The average molecular weight is 79.1 g/mol. The first-order valence-corrected chi connectivity index (χ1v) is 0.993. The minimum absolute atomic E-state index is 1.75. The van der Waals surface area contributed by atoms with Crippen LogP contribution in [0, 0.1) is 0 Å². The first-order chi connectivity index (χ1) is 5.14. The molecule has 0 aliphatic heterocycles. The summed E-state index contributed by atoms with van der Waals surface area (Å²) in [6, 6.07) is 0. The van der Waals surface area contributed by atoms with E-state index in [1.807, 2.05) is 0 Å². The summed E-state index contributed by atoms with van der Waals surface area (Å²) in [6.45, 7) is -2.14.